The number of unbranched alkanes of at least 4 members (excludes halogenated alkanes) is 2. The van der Waals surface area contributed by atoms with Crippen molar-refractivity contribution in [1.82, 2.24) is 14.6 Å². The molecular weight excluding hydrogens is 258 g/mol. The van der Waals surface area contributed by atoms with E-state index in [0.29, 0.717) is 10.3 Å². The summed E-state index contributed by atoms with van der Waals surface area (Å²) >= 11 is 1.52. The number of hydrogen-bond donors (Lipinski definition) is 0. The fourth-order valence-electron chi connectivity index (χ4n) is 2.12. The van der Waals surface area contributed by atoms with Crippen LogP contribution in [0.5, 0.6) is 0 Å². The monoisotopic (exact) mass is 273 g/mol. The highest BCUT2D eigenvalue weighted by Gasteiger charge is 2.09. The Balaban J connectivity index is 2.09. The van der Waals surface area contributed by atoms with Crippen LogP contribution in [0.3, 0.4) is 0 Å². The Labute approximate surface area is 114 Å². The van der Waals surface area contributed by atoms with Crippen LogP contribution in [0.4, 0.5) is 0 Å². The highest BCUT2D eigenvalue weighted by Crippen LogP contribution is 2.16. The zero-order valence-corrected chi connectivity index (χ0v) is 11.6. The molecule has 4 nitrogen and oxygen atoms in total. The first kappa shape index (κ1) is 12.3. The van der Waals surface area contributed by atoms with Gasteiger partial charge in [0, 0.05) is 6.42 Å². The molecule has 0 aliphatic carbocycles. The topological polar surface area (TPSA) is 47.3 Å². The van der Waals surface area contributed by atoms with Gasteiger partial charge in [0.05, 0.1) is 10.9 Å². The van der Waals surface area contributed by atoms with E-state index < -0.39 is 0 Å². The molecule has 19 heavy (non-hydrogen) atoms. The number of nitrogens with zero attached hydrogens (tertiary/aromatic N) is 3. The van der Waals surface area contributed by atoms with E-state index >= 15 is 0 Å². The molecule has 98 valence electrons. The number of aryl methyl sites for hydroxylation is 1. The van der Waals surface area contributed by atoms with Gasteiger partial charge >= 0.3 is 0 Å². The third-order valence-corrected chi connectivity index (χ3v) is 4.11. The Morgan fingerprint density at radius 1 is 1.26 bits per heavy atom. The second kappa shape index (κ2) is 5.09. The molecule has 0 N–H and O–H groups in total. The van der Waals surface area contributed by atoms with Crippen molar-refractivity contribution in [2.75, 3.05) is 0 Å². The summed E-state index contributed by atoms with van der Waals surface area (Å²) in [5.41, 5.74) is 0.676. The first-order valence-electron chi connectivity index (χ1n) is 6.57. The highest BCUT2D eigenvalue weighted by atomic mass is 32.1. The Morgan fingerprint density at radius 3 is 2.95 bits per heavy atom. The summed E-state index contributed by atoms with van der Waals surface area (Å²) in [6, 6.07) is 7.42. The lowest BCUT2D eigenvalue weighted by Crippen LogP contribution is -2.15. The number of aromatic nitrogens is 3. The molecule has 0 aliphatic rings. The smallest absolute Gasteiger partial charge is 0.267 e. The zero-order valence-electron chi connectivity index (χ0n) is 10.8. The van der Waals surface area contributed by atoms with Crippen molar-refractivity contribution in [3.63, 3.8) is 0 Å². The summed E-state index contributed by atoms with van der Waals surface area (Å²) in [7, 11) is 0. The minimum absolute atomic E-state index is 0.0707. The van der Waals surface area contributed by atoms with Crippen molar-refractivity contribution in [2.24, 2.45) is 0 Å². The SMILES string of the molecule is CCCCCc1nn2c(=O)c3ccccc3nc2s1. The van der Waals surface area contributed by atoms with Crippen LogP contribution in [0.2, 0.25) is 0 Å². The zero-order chi connectivity index (χ0) is 13.2. The summed E-state index contributed by atoms with van der Waals surface area (Å²) in [6.07, 6.45) is 4.43. The van der Waals surface area contributed by atoms with Gasteiger partial charge in [-0.05, 0) is 18.6 Å². The molecule has 0 amide bonds. The van der Waals surface area contributed by atoms with Crippen molar-refractivity contribution in [2.45, 2.75) is 32.6 Å². The van der Waals surface area contributed by atoms with Crippen LogP contribution in [0.15, 0.2) is 29.1 Å². The molecule has 0 saturated carbocycles. The number of fused-ring (bicyclic) bond motifs is 2. The quantitative estimate of drug-likeness (QED) is 0.686. The maximum absolute atomic E-state index is 12.3. The van der Waals surface area contributed by atoms with E-state index in [4.69, 9.17) is 0 Å². The van der Waals surface area contributed by atoms with Crippen LogP contribution in [0.25, 0.3) is 15.9 Å². The van der Waals surface area contributed by atoms with Crippen LogP contribution in [-0.2, 0) is 6.42 Å². The third kappa shape index (κ3) is 2.26. The lowest BCUT2D eigenvalue weighted by Gasteiger charge is -1.95. The van der Waals surface area contributed by atoms with E-state index in [1.165, 1.54) is 28.7 Å². The van der Waals surface area contributed by atoms with Crippen molar-refractivity contribution in [3.05, 3.63) is 39.6 Å². The fraction of sp³-hybridized carbons (Fsp3) is 0.357. The van der Waals surface area contributed by atoms with E-state index in [-0.39, 0.29) is 5.56 Å². The predicted octanol–water partition coefficient (Wildman–Crippen LogP) is 3.04. The van der Waals surface area contributed by atoms with Gasteiger partial charge in [0.2, 0.25) is 4.96 Å². The molecule has 0 bridgehead atoms. The standard InChI is InChI=1S/C14H15N3OS/c1-2-3-4-9-12-16-17-13(18)10-7-5-6-8-11(10)15-14(17)19-12/h5-8H,2-4,9H2,1H3. The number of benzene rings is 1. The van der Waals surface area contributed by atoms with E-state index in [9.17, 15) is 4.79 Å². The normalized spacial score (nSPS) is 11.4. The Hall–Kier alpha value is -1.75. The summed E-state index contributed by atoms with van der Waals surface area (Å²) < 4.78 is 1.44. The summed E-state index contributed by atoms with van der Waals surface area (Å²) in [6.45, 7) is 2.18. The molecule has 2 heterocycles. The highest BCUT2D eigenvalue weighted by molar-refractivity contribution is 7.16. The molecule has 0 unspecified atom stereocenters. The van der Waals surface area contributed by atoms with Gasteiger partial charge in [-0.1, -0.05) is 43.2 Å². The molecular formula is C14H15N3OS. The van der Waals surface area contributed by atoms with Crippen LogP contribution >= 0.6 is 11.3 Å². The summed E-state index contributed by atoms with van der Waals surface area (Å²) in [4.78, 5) is 17.5. The average molecular weight is 273 g/mol. The molecule has 0 spiro atoms. The van der Waals surface area contributed by atoms with E-state index in [1.54, 1.807) is 6.07 Å². The Kier molecular flexibility index (Phi) is 3.29. The van der Waals surface area contributed by atoms with Crippen molar-refractivity contribution in [1.29, 1.82) is 0 Å². The van der Waals surface area contributed by atoms with Crippen LogP contribution in [0, 0.1) is 0 Å². The van der Waals surface area contributed by atoms with E-state index in [2.05, 4.69) is 17.0 Å². The lowest BCUT2D eigenvalue weighted by atomic mass is 10.2. The van der Waals surface area contributed by atoms with Gasteiger partial charge in [-0.3, -0.25) is 4.79 Å². The fourth-order valence-corrected chi connectivity index (χ4v) is 3.06. The number of hydrogen-bond acceptors (Lipinski definition) is 4. The molecule has 0 aliphatic heterocycles. The molecule has 1 aromatic carbocycles. The van der Waals surface area contributed by atoms with Gasteiger partial charge in [0.25, 0.3) is 5.56 Å². The minimum Gasteiger partial charge on any atom is -0.267 e. The third-order valence-electron chi connectivity index (χ3n) is 3.14. The van der Waals surface area contributed by atoms with Crippen molar-refractivity contribution >= 4 is 27.2 Å². The minimum atomic E-state index is -0.0707. The van der Waals surface area contributed by atoms with Gasteiger partial charge < -0.3 is 0 Å². The Morgan fingerprint density at radius 2 is 2.11 bits per heavy atom. The maximum atomic E-state index is 12.3. The van der Waals surface area contributed by atoms with E-state index in [0.717, 1.165) is 23.4 Å². The molecule has 3 rings (SSSR count). The predicted molar refractivity (Wildman–Crippen MR) is 77.9 cm³/mol. The lowest BCUT2D eigenvalue weighted by molar-refractivity contribution is 0.704. The maximum Gasteiger partial charge on any atom is 0.283 e. The molecule has 0 atom stereocenters. The molecule has 0 radical (unpaired) electrons. The van der Waals surface area contributed by atoms with E-state index in [1.807, 2.05) is 18.2 Å². The van der Waals surface area contributed by atoms with Crippen LogP contribution in [0.1, 0.15) is 31.2 Å². The molecule has 0 fully saturated rings. The second-order valence-electron chi connectivity index (χ2n) is 4.58. The molecule has 0 saturated heterocycles. The van der Waals surface area contributed by atoms with Gasteiger partial charge in [-0.25, -0.2) is 4.98 Å². The average Bonchev–Trinajstić information content (AvgIpc) is 2.83. The first-order chi connectivity index (χ1) is 9.29. The van der Waals surface area contributed by atoms with Gasteiger partial charge in [-0.2, -0.15) is 9.61 Å². The second-order valence-corrected chi connectivity index (χ2v) is 5.62. The van der Waals surface area contributed by atoms with Crippen LogP contribution < -0.4 is 5.56 Å². The summed E-state index contributed by atoms with van der Waals surface area (Å²) in [5.74, 6) is 0. The summed E-state index contributed by atoms with van der Waals surface area (Å²) in [5, 5.41) is 6.02. The first-order valence-corrected chi connectivity index (χ1v) is 7.38. The Bertz CT molecular complexity index is 775. The van der Waals surface area contributed by atoms with Gasteiger partial charge in [0.1, 0.15) is 5.01 Å². The van der Waals surface area contributed by atoms with Crippen molar-refractivity contribution < 1.29 is 0 Å². The molecule has 3 aromatic rings. The number of rotatable bonds is 4. The molecule has 2 aromatic heterocycles. The molecule has 5 heteroatoms. The number of para-hydroxylation sites is 1. The van der Waals surface area contributed by atoms with Crippen LogP contribution in [-0.4, -0.2) is 14.6 Å². The van der Waals surface area contributed by atoms with Crippen molar-refractivity contribution in [3.8, 4) is 0 Å². The van der Waals surface area contributed by atoms with Gasteiger partial charge in [0.15, 0.2) is 0 Å². The van der Waals surface area contributed by atoms with Gasteiger partial charge in [-0.15, -0.1) is 0 Å². The largest absolute Gasteiger partial charge is 0.283 e.